The Bertz CT molecular complexity index is 427. The molecular formula is C10H12N4O2. The maximum Gasteiger partial charge on any atom is 0.407 e. The van der Waals surface area contributed by atoms with E-state index in [0.29, 0.717) is 19.5 Å². The molecule has 1 aliphatic rings. The fourth-order valence-electron chi connectivity index (χ4n) is 1.61. The molecule has 2 heterocycles. The summed E-state index contributed by atoms with van der Waals surface area (Å²) in [7, 11) is 0. The smallest absolute Gasteiger partial charge is 0.407 e. The van der Waals surface area contributed by atoms with Crippen LogP contribution in [0.2, 0.25) is 0 Å². The average molecular weight is 220 g/mol. The molecule has 0 atom stereocenters. The van der Waals surface area contributed by atoms with Crippen molar-refractivity contribution in [2.75, 3.05) is 18.8 Å². The van der Waals surface area contributed by atoms with Crippen LogP contribution in [0.5, 0.6) is 0 Å². The molecule has 84 valence electrons. The van der Waals surface area contributed by atoms with Crippen molar-refractivity contribution in [2.45, 2.75) is 6.42 Å². The van der Waals surface area contributed by atoms with Gasteiger partial charge in [0.1, 0.15) is 0 Å². The molecule has 0 spiro atoms. The van der Waals surface area contributed by atoms with Gasteiger partial charge in [-0.3, -0.25) is 0 Å². The van der Waals surface area contributed by atoms with E-state index in [4.69, 9.17) is 10.8 Å². The van der Waals surface area contributed by atoms with Gasteiger partial charge in [0, 0.05) is 31.0 Å². The molecule has 0 fully saturated rings. The second kappa shape index (κ2) is 4.18. The van der Waals surface area contributed by atoms with E-state index < -0.39 is 6.09 Å². The van der Waals surface area contributed by atoms with Crippen LogP contribution in [0.3, 0.4) is 0 Å². The van der Waals surface area contributed by atoms with E-state index >= 15 is 0 Å². The number of nitrogen functional groups attached to an aromatic ring is 1. The van der Waals surface area contributed by atoms with Gasteiger partial charge in [0.05, 0.1) is 0 Å². The van der Waals surface area contributed by atoms with Crippen molar-refractivity contribution in [3.8, 4) is 0 Å². The first-order valence-electron chi connectivity index (χ1n) is 4.91. The zero-order valence-electron chi connectivity index (χ0n) is 8.63. The predicted molar refractivity (Wildman–Crippen MR) is 58.6 cm³/mol. The molecule has 0 radical (unpaired) electrons. The lowest BCUT2D eigenvalue weighted by Crippen LogP contribution is -2.33. The van der Waals surface area contributed by atoms with Crippen molar-refractivity contribution in [3.63, 3.8) is 0 Å². The summed E-state index contributed by atoms with van der Waals surface area (Å²) < 4.78 is 0. The van der Waals surface area contributed by atoms with E-state index in [9.17, 15) is 4.79 Å². The molecule has 0 saturated carbocycles. The molecule has 6 nitrogen and oxygen atoms in total. The van der Waals surface area contributed by atoms with Crippen LogP contribution in [0.15, 0.2) is 18.5 Å². The number of carboxylic acid groups (broad SMARTS) is 1. The minimum Gasteiger partial charge on any atom is -0.465 e. The van der Waals surface area contributed by atoms with Gasteiger partial charge in [-0.2, -0.15) is 0 Å². The van der Waals surface area contributed by atoms with Crippen LogP contribution in [-0.4, -0.2) is 39.2 Å². The maximum atomic E-state index is 10.7. The molecule has 2 rings (SSSR count). The molecule has 0 saturated heterocycles. The van der Waals surface area contributed by atoms with Crippen LogP contribution in [0.25, 0.3) is 5.57 Å². The van der Waals surface area contributed by atoms with Gasteiger partial charge in [0.25, 0.3) is 0 Å². The summed E-state index contributed by atoms with van der Waals surface area (Å²) >= 11 is 0. The lowest BCUT2D eigenvalue weighted by Gasteiger charge is -2.23. The highest BCUT2D eigenvalue weighted by Gasteiger charge is 2.16. The molecule has 1 aliphatic heterocycles. The normalized spacial score (nSPS) is 15.8. The number of nitrogens with two attached hydrogens (primary N) is 1. The zero-order chi connectivity index (χ0) is 11.5. The number of hydrogen-bond acceptors (Lipinski definition) is 4. The van der Waals surface area contributed by atoms with E-state index in [1.165, 1.54) is 4.90 Å². The topological polar surface area (TPSA) is 92.3 Å². The van der Waals surface area contributed by atoms with Gasteiger partial charge in [-0.05, 0) is 12.0 Å². The largest absolute Gasteiger partial charge is 0.465 e. The highest BCUT2D eigenvalue weighted by Crippen LogP contribution is 2.21. The van der Waals surface area contributed by atoms with Crippen molar-refractivity contribution in [3.05, 3.63) is 24.0 Å². The minimum atomic E-state index is -0.885. The Morgan fingerprint density at radius 1 is 1.44 bits per heavy atom. The van der Waals surface area contributed by atoms with Gasteiger partial charge < -0.3 is 15.7 Å². The second-order valence-corrected chi connectivity index (χ2v) is 3.54. The van der Waals surface area contributed by atoms with Crippen LogP contribution < -0.4 is 5.73 Å². The summed E-state index contributed by atoms with van der Waals surface area (Å²) in [4.78, 5) is 19.9. The number of anilines is 1. The molecule has 3 N–H and O–H groups in total. The zero-order valence-corrected chi connectivity index (χ0v) is 8.63. The lowest BCUT2D eigenvalue weighted by molar-refractivity contribution is 0.150. The van der Waals surface area contributed by atoms with Gasteiger partial charge in [-0.1, -0.05) is 6.08 Å². The second-order valence-electron chi connectivity index (χ2n) is 3.54. The Labute approximate surface area is 92.4 Å². The van der Waals surface area contributed by atoms with Crippen molar-refractivity contribution in [1.82, 2.24) is 14.9 Å². The minimum absolute atomic E-state index is 0.243. The third-order valence-corrected chi connectivity index (χ3v) is 2.52. The molecule has 0 aromatic carbocycles. The fourth-order valence-corrected chi connectivity index (χ4v) is 1.61. The lowest BCUT2D eigenvalue weighted by atomic mass is 10.0. The Morgan fingerprint density at radius 3 is 2.62 bits per heavy atom. The molecule has 0 unspecified atom stereocenters. The third-order valence-electron chi connectivity index (χ3n) is 2.52. The van der Waals surface area contributed by atoms with Crippen molar-refractivity contribution < 1.29 is 9.90 Å². The molecular weight excluding hydrogens is 208 g/mol. The van der Waals surface area contributed by atoms with Crippen molar-refractivity contribution in [1.29, 1.82) is 0 Å². The SMILES string of the molecule is Nc1ncc(C2=CCN(C(=O)O)CC2)cn1. The number of hydrogen-bond donors (Lipinski definition) is 2. The fraction of sp³-hybridized carbons (Fsp3) is 0.300. The van der Waals surface area contributed by atoms with Gasteiger partial charge in [0.2, 0.25) is 5.95 Å². The van der Waals surface area contributed by atoms with Crippen LogP contribution in [0, 0.1) is 0 Å². The summed E-state index contributed by atoms with van der Waals surface area (Å²) in [6.07, 6.45) is 4.99. The Kier molecular flexibility index (Phi) is 2.72. The van der Waals surface area contributed by atoms with E-state index in [1.54, 1.807) is 12.4 Å². The Balaban J connectivity index is 2.13. The van der Waals surface area contributed by atoms with E-state index in [-0.39, 0.29) is 5.95 Å². The average Bonchev–Trinajstić information content (AvgIpc) is 2.30. The first kappa shape index (κ1) is 10.4. The summed E-state index contributed by atoms with van der Waals surface area (Å²) in [6, 6.07) is 0. The maximum absolute atomic E-state index is 10.7. The van der Waals surface area contributed by atoms with Crippen LogP contribution in [0.4, 0.5) is 10.7 Å². The standard InChI is InChI=1S/C10H12N4O2/c11-9-12-5-8(6-13-9)7-1-3-14(4-2-7)10(15)16/h1,5-6H,2-4H2,(H,15,16)(H2,11,12,13). The Hall–Kier alpha value is -2.11. The van der Waals surface area contributed by atoms with E-state index in [2.05, 4.69) is 9.97 Å². The number of aromatic nitrogens is 2. The monoisotopic (exact) mass is 220 g/mol. The number of nitrogens with zero attached hydrogens (tertiary/aromatic N) is 3. The third kappa shape index (κ3) is 2.10. The molecule has 0 bridgehead atoms. The van der Waals surface area contributed by atoms with E-state index in [0.717, 1.165) is 11.1 Å². The van der Waals surface area contributed by atoms with Gasteiger partial charge in [-0.25, -0.2) is 14.8 Å². The molecule has 1 aromatic rings. The van der Waals surface area contributed by atoms with Crippen LogP contribution in [-0.2, 0) is 0 Å². The first-order chi connectivity index (χ1) is 7.66. The molecule has 1 aromatic heterocycles. The van der Waals surface area contributed by atoms with Gasteiger partial charge >= 0.3 is 6.09 Å². The summed E-state index contributed by atoms with van der Waals surface area (Å²) in [5, 5.41) is 8.79. The number of rotatable bonds is 1. The molecule has 6 heteroatoms. The molecule has 1 amide bonds. The van der Waals surface area contributed by atoms with Gasteiger partial charge in [-0.15, -0.1) is 0 Å². The first-order valence-corrected chi connectivity index (χ1v) is 4.91. The number of amides is 1. The Morgan fingerprint density at radius 2 is 2.12 bits per heavy atom. The van der Waals surface area contributed by atoms with Crippen molar-refractivity contribution in [2.24, 2.45) is 0 Å². The summed E-state index contributed by atoms with van der Waals surface area (Å²) in [6.45, 7) is 0.917. The van der Waals surface area contributed by atoms with E-state index in [1.807, 2.05) is 6.08 Å². The highest BCUT2D eigenvalue weighted by atomic mass is 16.4. The number of carbonyl (C=O) groups is 1. The molecule has 0 aliphatic carbocycles. The highest BCUT2D eigenvalue weighted by molar-refractivity contribution is 5.70. The van der Waals surface area contributed by atoms with Crippen LogP contribution in [0.1, 0.15) is 12.0 Å². The van der Waals surface area contributed by atoms with Crippen molar-refractivity contribution >= 4 is 17.6 Å². The molecule has 16 heavy (non-hydrogen) atoms. The quantitative estimate of drug-likeness (QED) is 0.731. The predicted octanol–water partition coefficient (Wildman–Crippen LogP) is 0.826. The summed E-state index contributed by atoms with van der Waals surface area (Å²) in [5.41, 5.74) is 7.36. The van der Waals surface area contributed by atoms with Gasteiger partial charge in [0.15, 0.2) is 0 Å². The summed E-state index contributed by atoms with van der Waals surface area (Å²) in [5.74, 6) is 0.243. The van der Waals surface area contributed by atoms with Crippen LogP contribution >= 0.6 is 0 Å².